The lowest BCUT2D eigenvalue weighted by Gasteiger charge is -2.31. The molecule has 0 unspecified atom stereocenters. The zero-order valence-electron chi connectivity index (χ0n) is 16.6. The molecule has 1 aliphatic heterocycles. The van der Waals surface area contributed by atoms with Crippen LogP contribution in [0.15, 0.2) is 29.4 Å². The minimum atomic E-state index is -1.00. The van der Waals surface area contributed by atoms with E-state index in [-0.39, 0.29) is 23.6 Å². The maximum absolute atomic E-state index is 12.8. The van der Waals surface area contributed by atoms with Gasteiger partial charge in [-0.25, -0.2) is 0 Å². The van der Waals surface area contributed by atoms with E-state index in [2.05, 4.69) is 10.5 Å². The van der Waals surface area contributed by atoms with Crippen LogP contribution in [0.2, 0.25) is 0 Å². The Labute approximate surface area is 170 Å². The fraction of sp³-hybridized carbons (Fsp3) is 0.571. The first-order valence-corrected chi connectivity index (χ1v) is 10.3. The van der Waals surface area contributed by atoms with E-state index in [0.717, 1.165) is 44.1 Å². The predicted molar refractivity (Wildman–Crippen MR) is 108 cm³/mol. The lowest BCUT2D eigenvalue weighted by Crippen LogP contribution is -2.50. The molecule has 29 heavy (non-hydrogen) atoms. The SMILES string of the molecule is NC(=NO)c1ccc(CNC(=O)[C@@H]2CCCN2C(=O)[C@H](O)C2CCCCC2)cc1. The second kappa shape index (κ2) is 9.73. The standard InChI is InChI=1S/C21H30N4O4/c22-19(24-29)16-10-8-14(9-11-16)13-23-20(27)17-7-4-12-25(17)21(28)18(26)15-5-2-1-3-6-15/h8-11,15,17-18,26,29H,1-7,12-13H2,(H2,22,24)(H,23,27)/t17-,18+/m0/s1. The Balaban J connectivity index is 1.56. The maximum atomic E-state index is 12.8. The van der Waals surface area contributed by atoms with E-state index in [1.807, 2.05) is 0 Å². The predicted octanol–water partition coefficient (Wildman–Crippen LogP) is 1.33. The molecule has 1 aliphatic carbocycles. The van der Waals surface area contributed by atoms with Crippen LogP contribution in [0.5, 0.6) is 0 Å². The molecule has 158 valence electrons. The minimum Gasteiger partial charge on any atom is -0.409 e. The van der Waals surface area contributed by atoms with Crippen molar-refractivity contribution < 1.29 is 19.9 Å². The number of likely N-dealkylation sites (tertiary alicyclic amines) is 1. The van der Waals surface area contributed by atoms with Crippen LogP contribution in [-0.4, -0.2) is 51.6 Å². The fourth-order valence-corrected chi connectivity index (χ4v) is 4.28. The molecule has 2 atom stereocenters. The largest absolute Gasteiger partial charge is 0.409 e. The van der Waals surface area contributed by atoms with Crippen LogP contribution in [0.3, 0.4) is 0 Å². The first kappa shape index (κ1) is 21.1. The molecule has 1 saturated heterocycles. The topological polar surface area (TPSA) is 128 Å². The van der Waals surface area contributed by atoms with Crippen molar-refractivity contribution in [3.05, 3.63) is 35.4 Å². The molecule has 1 heterocycles. The first-order chi connectivity index (χ1) is 14.0. The molecular formula is C21H30N4O4. The fourth-order valence-electron chi connectivity index (χ4n) is 4.28. The van der Waals surface area contributed by atoms with Crippen molar-refractivity contribution in [1.82, 2.24) is 10.2 Å². The number of aliphatic hydroxyl groups excluding tert-OH is 1. The van der Waals surface area contributed by atoms with Gasteiger partial charge >= 0.3 is 0 Å². The Kier molecular flexibility index (Phi) is 7.09. The van der Waals surface area contributed by atoms with Crippen molar-refractivity contribution in [1.29, 1.82) is 0 Å². The number of carbonyl (C=O) groups excluding carboxylic acids is 2. The maximum Gasteiger partial charge on any atom is 0.252 e. The van der Waals surface area contributed by atoms with Gasteiger partial charge < -0.3 is 26.3 Å². The summed E-state index contributed by atoms with van der Waals surface area (Å²) in [6.45, 7) is 0.828. The van der Waals surface area contributed by atoms with Gasteiger partial charge in [0.05, 0.1) is 0 Å². The number of nitrogens with two attached hydrogens (primary N) is 1. The van der Waals surface area contributed by atoms with Gasteiger partial charge in [0, 0.05) is 18.7 Å². The van der Waals surface area contributed by atoms with Crippen LogP contribution >= 0.6 is 0 Å². The molecule has 1 saturated carbocycles. The Morgan fingerprint density at radius 3 is 2.48 bits per heavy atom. The number of rotatable bonds is 6. The average Bonchev–Trinajstić information content (AvgIpc) is 3.27. The number of nitrogens with one attached hydrogen (secondary N) is 1. The highest BCUT2D eigenvalue weighted by molar-refractivity contribution is 5.97. The van der Waals surface area contributed by atoms with Crippen LogP contribution in [0.1, 0.15) is 56.1 Å². The highest BCUT2D eigenvalue weighted by atomic mass is 16.4. The summed E-state index contributed by atoms with van der Waals surface area (Å²) in [6, 6.07) is 6.47. The quantitative estimate of drug-likeness (QED) is 0.247. The lowest BCUT2D eigenvalue weighted by atomic mass is 9.84. The van der Waals surface area contributed by atoms with Gasteiger partial charge in [-0.05, 0) is 37.2 Å². The molecule has 2 amide bonds. The number of aliphatic hydroxyl groups is 1. The van der Waals surface area contributed by atoms with Crippen LogP contribution in [-0.2, 0) is 16.1 Å². The lowest BCUT2D eigenvalue weighted by molar-refractivity contribution is -0.148. The van der Waals surface area contributed by atoms with E-state index in [1.165, 1.54) is 0 Å². The minimum absolute atomic E-state index is 0.00831. The van der Waals surface area contributed by atoms with E-state index in [1.54, 1.807) is 29.2 Å². The summed E-state index contributed by atoms with van der Waals surface area (Å²) >= 11 is 0. The summed E-state index contributed by atoms with van der Waals surface area (Å²) < 4.78 is 0. The molecule has 2 fully saturated rings. The number of nitrogens with zero attached hydrogens (tertiary/aromatic N) is 2. The van der Waals surface area contributed by atoms with Crippen LogP contribution in [0.4, 0.5) is 0 Å². The van der Waals surface area contributed by atoms with Crippen molar-refractivity contribution in [3.63, 3.8) is 0 Å². The van der Waals surface area contributed by atoms with Crippen molar-refractivity contribution in [3.8, 4) is 0 Å². The summed E-state index contributed by atoms with van der Waals surface area (Å²) in [4.78, 5) is 27.1. The summed E-state index contributed by atoms with van der Waals surface area (Å²) in [5.74, 6) is -0.476. The normalized spacial score (nSPS) is 21.8. The third-order valence-electron chi connectivity index (χ3n) is 6.01. The van der Waals surface area contributed by atoms with Gasteiger partial charge in [-0.2, -0.15) is 0 Å². The first-order valence-electron chi connectivity index (χ1n) is 10.3. The third kappa shape index (κ3) is 5.06. The molecular weight excluding hydrogens is 372 g/mol. The molecule has 0 aromatic heterocycles. The smallest absolute Gasteiger partial charge is 0.252 e. The Morgan fingerprint density at radius 2 is 1.83 bits per heavy atom. The van der Waals surface area contributed by atoms with Crippen molar-refractivity contribution in [2.24, 2.45) is 16.8 Å². The molecule has 0 bridgehead atoms. The second-order valence-corrected chi connectivity index (χ2v) is 7.93. The Bertz CT molecular complexity index is 744. The van der Waals surface area contributed by atoms with Crippen molar-refractivity contribution in [2.45, 2.75) is 63.6 Å². The van der Waals surface area contributed by atoms with Crippen molar-refractivity contribution >= 4 is 17.6 Å². The number of carbonyl (C=O) groups is 2. The third-order valence-corrected chi connectivity index (χ3v) is 6.01. The second-order valence-electron chi connectivity index (χ2n) is 7.93. The summed E-state index contributed by atoms with van der Waals surface area (Å²) in [5, 5.41) is 25.1. The molecule has 8 nitrogen and oxygen atoms in total. The zero-order valence-corrected chi connectivity index (χ0v) is 16.6. The van der Waals surface area contributed by atoms with Gasteiger partial charge in [0.15, 0.2) is 5.84 Å². The molecule has 0 spiro atoms. The molecule has 5 N–H and O–H groups in total. The molecule has 1 aromatic carbocycles. The number of benzene rings is 1. The van der Waals surface area contributed by atoms with Gasteiger partial charge in [-0.1, -0.05) is 48.7 Å². The number of oxime groups is 1. The van der Waals surface area contributed by atoms with Crippen molar-refractivity contribution in [2.75, 3.05) is 6.54 Å². The zero-order chi connectivity index (χ0) is 20.8. The van der Waals surface area contributed by atoms with E-state index in [4.69, 9.17) is 10.9 Å². The molecule has 8 heteroatoms. The summed E-state index contributed by atoms with van der Waals surface area (Å²) in [6.07, 6.45) is 5.37. The van der Waals surface area contributed by atoms with E-state index in [0.29, 0.717) is 25.1 Å². The van der Waals surface area contributed by atoms with Crippen LogP contribution in [0.25, 0.3) is 0 Å². The summed E-state index contributed by atoms with van der Waals surface area (Å²) in [5.41, 5.74) is 7.00. The Morgan fingerprint density at radius 1 is 1.14 bits per heavy atom. The van der Waals surface area contributed by atoms with E-state index in [9.17, 15) is 14.7 Å². The average molecular weight is 402 g/mol. The van der Waals surface area contributed by atoms with Gasteiger partial charge in [-0.3, -0.25) is 9.59 Å². The number of hydrogen-bond donors (Lipinski definition) is 4. The van der Waals surface area contributed by atoms with Gasteiger partial charge in [0.1, 0.15) is 12.1 Å². The van der Waals surface area contributed by atoms with Gasteiger partial charge in [0.25, 0.3) is 5.91 Å². The van der Waals surface area contributed by atoms with E-state index < -0.39 is 12.1 Å². The molecule has 2 aliphatic rings. The number of hydrogen-bond acceptors (Lipinski definition) is 5. The molecule has 1 aromatic rings. The molecule has 0 radical (unpaired) electrons. The summed E-state index contributed by atoms with van der Waals surface area (Å²) in [7, 11) is 0. The Hall–Kier alpha value is -2.61. The van der Waals surface area contributed by atoms with E-state index >= 15 is 0 Å². The molecule has 3 rings (SSSR count). The van der Waals surface area contributed by atoms with Gasteiger partial charge in [-0.15, -0.1) is 0 Å². The monoisotopic (exact) mass is 402 g/mol. The van der Waals surface area contributed by atoms with Gasteiger partial charge in [0.2, 0.25) is 5.91 Å². The highest BCUT2D eigenvalue weighted by Gasteiger charge is 2.39. The van der Waals surface area contributed by atoms with Crippen LogP contribution in [0, 0.1) is 5.92 Å². The number of amides is 2. The highest BCUT2D eigenvalue weighted by Crippen LogP contribution is 2.29. The van der Waals surface area contributed by atoms with Crippen LogP contribution < -0.4 is 11.1 Å². The number of amidine groups is 1.